The van der Waals surface area contributed by atoms with Crippen molar-refractivity contribution in [1.29, 1.82) is 0 Å². The van der Waals surface area contributed by atoms with Crippen molar-refractivity contribution in [2.75, 3.05) is 13.2 Å². The number of hydrogen-bond donors (Lipinski definition) is 0. The normalized spacial score (nSPS) is 12.5. The van der Waals surface area contributed by atoms with E-state index in [1.54, 1.807) is 0 Å². The standard InChI is InChI=1S/C65H114O6/c1-4-7-10-13-16-19-22-25-27-28-29-30-31-32-33-34-35-36-38-40-43-46-49-52-55-58-64(67)70-61-62(60-69-63(66)57-54-51-48-45-42-39-24-21-18-15-12-9-6-3)71-65(68)59-56-53-50-47-44-41-37-26-23-20-17-14-11-8-5-2/h8,11-12,15,17,20-21,24,26,37,44,47,62H,4-7,9-10,13-14,16,18-19,22-23,25,27-36,38-43,45-46,48-61H2,1-3H3/b11-8-,15-12-,20-17-,24-21-,37-26-,47-44-. The van der Waals surface area contributed by atoms with E-state index in [1.165, 1.54) is 148 Å². The average molecular weight is 992 g/mol. The van der Waals surface area contributed by atoms with Gasteiger partial charge in [0, 0.05) is 19.3 Å². The van der Waals surface area contributed by atoms with Crippen LogP contribution < -0.4 is 0 Å². The Labute approximate surface area is 440 Å². The third kappa shape index (κ3) is 57.6. The van der Waals surface area contributed by atoms with Crippen molar-refractivity contribution in [3.05, 3.63) is 72.9 Å². The minimum atomic E-state index is -0.802. The molecule has 0 rings (SSSR count). The Morgan fingerprint density at radius 1 is 0.296 bits per heavy atom. The van der Waals surface area contributed by atoms with Crippen molar-refractivity contribution in [3.8, 4) is 0 Å². The van der Waals surface area contributed by atoms with Gasteiger partial charge >= 0.3 is 17.9 Å². The molecule has 0 aromatic rings. The number of unbranched alkanes of at least 4 members (excludes halogenated alkanes) is 32. The highest BCUT2D eigenvalue weighted by molar-refractivity contribution is 5.71. The Bertz CT molecular complexity index is 1320. The molecule has 0 aliphatic carbocycles. The van der Waals surface area contributed by atoms with Crippen molar-refractivity contribution in [2.24, 2.45) is 0 Å². The van der Waals surface area contributed by atoms with E-state index in [0.29, 0.717) is 19.3 Å². The zero-order chi connectivity index (χ0) is 51.4. The maximum Gasteiger partial charge on any atom is 0.306 e. The minimum Gasteiger partial charge on any atom is -0.462 e. The van der Waals surface area contributed by atoms with Gasteiger partial charge in [0.25, 0.3) is 0 Å². The van der Waals surface area contributed by atoms with Crippen LogP contribution in [-0.4, -0.2) is 37.2 Å². The van der Waals surface area contributed by atoms with Gasteiger partial charge in [-0.15, -0.1) is 0 Å². The van der Waals surface area contributed by atoms with Crippen molar-refractivity contribution < 1.29 is 28.6 Å². The molecule has 0 aliphatic rings. The molecule has 0 saturated heterocycles. The van der Waals surface area contributed by atoms with Crippen LogP contribution in [0.15, 0.2) is 72.9 Å². The monoisotopic (exact) mass is 991 g/mol. The molecule has 0 bridgehead atoms. The quantitative estimate of drug-likeness (QED) is 0.0261. The van der Waals surface area contributed by atoms with Crippen LogP contribution >= 0.6 is 0 Å². The fourth-order valence-corrected chi connectivity index (χ4v) is 8.65. The van der Waals surface area contributed by atoms with E-state index < -0.39 is 6.10 Å². The summed E-state index contributed by atoms with van der Waals surface area (Å²) in [4.78, 5) is 38.2. The molecule has 0 aromatic heterocycles. The van der Waals surface area contributed by atoms with Gasteiger partial charge in [-0.2, -0.15) is 0 Å². The van der Waals surface area contributed by atoms with Gasteiger partial charge in [-0.3, -0.25) is 14.4 Å². The second-order valence-electron chi connectivity index (χ2n) is 20.2. The Morgan fingerprint density at radius 3 is 0.944 bits per heavy atom. The molecule has 1 atom stereocenters. The first-order chi connectivity index (χ1) is 35.0. The largest absolute Gasteiger partial charge is 0.462 e. The highest BCUT2D eigenvalue weighted by Crippen LogP contribution is 2.17. The summed E-state index contributed by atoms with van der Waals surface area (Å²) in [6.07, 6.45) is 76.3. The molecule has 1 unspecified atom stereocenters. The van der Waals surface area contributed by atoms with Crippen LogP contribution in [0.2, 0.25) is 0 Å². The molecule has 0 heterocycles. The summed E-state index contributed by atoms with van der Waals surface area (Å²) in [6, 6.07) is 0. The van der Waals surface area contributed by atoms with Gasteiger partial charge in [0.2, 0.25) is 0 Å². The first-order valence-corrected chi connectivity index (χ1v) is 30.4. The summed E-state index contributed by atoms with van der Waals surface area (Å²) in [5.74, 6) is -0.941. The van der Waals surface area contributed by atoms with Crippen molar-refractivity contribution in [2.45, 2.75) is 309 Å². The van der Waals surface area contributed by atoms with Gasteiger partial charge in [-0.05, 0) is 83.5 Å². The minimum absolute atomic E-state index is 0.0945. The highest BCUT2D eigenvalue weighted by atomic mass is 16.6. The van der Waals surface area contributed by atoms with E-state index in [9.17, 15) is 14.4 Å². The summed E-state index contributed by atoms with van der Waals surface area (Å²) in [5, 5.41) is 0. The van der Waals surface area contributed by atoms with Crippen LogP contribution in [0.5, 0.6) is 0 Å². The van der Waals surface area contributed by atoms with Gasteiger partial charge < -0.3 is 14.2 Å². The number of rotatable bonds is 55. The molecule has 0 aromatic carbocycles. The summed E-state index contributed by atoms with van der Waals surface area (Å²) >= 11 is 0. The fourth-order valence-electron chi connectivity index (χ4n) is 8.65. The molecule has 71 heavy (non-hydrogen) atoms. The van der Waals surface area contributed by atoms with Crippen LogP contribution in [0, 0.1) is 0 Å². The molecule has 410 valence electrons. The van der Waals surface area contributed by atoms with Crippen molar-refractivity contribution in [1.82, 2.24) is 0 Å². The fraction of sp³-hybridized carbons (Fsp3) is 0.769. The summed E-state index contributed by atoms with van der Waals surface area (Å²) in [6.45, 7) is 6.45. The van der Waals surface area contributed by atoms with Gasteiger partial charge in [0.15, 0.2) is 6.10 Å². The SMILES string of the molecule is CC/C=C\C/C=C\C/C=C\C/C=C\CCCCC(=O)OC(COC(=O)CCCCCCC/C=C\C/C=C\CCC)COC(=O)CCCCCCCCCCCCCCCCCCCCCCCCCCC. The zero-order valence-corrected chi connectivity index (χ0v) is 47.0. The number of allylic oxidation sites excluding steroid dienone is 12. The number of carbonyl (C=O) groups is 3. The van der Waals surface area contributed by atoms with E-state index >= 15 is 0 Å². The maximum atomic E-state index is 12.8. The lowest BCUT2D eigenvalue weighted by Crippen LogP contribution is -2.30. The molecule has 0 spiro atoms. The summed E-state index contributed by atoms with van der Waals surface area (Å²) in [5.41, 5.74) is 0. The second kappa shape index (κ2) is 59.4. The second-order valence-corrected chi connectivity index (χ2v) is 20.2. The van der Waals surface area contributed by atoms with Crippen LogP contribution in [0.3, 0.4) is 0 Å². The Hall–Kier alpha value is -3.15. The number of esters is 3. The zero-order valence-electron chi connectivity index (χ0n) is 47.0. The third-order valence-electron chi connectivity index (χ3n) is 13.2. The van der Waals surface area contributed by atoms with E-state index in [0.717, 1.165) is 109 Å². The summed E-state index contributed by atoms with van der Waals surface area (Å²) < 4.78 is 16.8. The van der Waals surface area contributed by atoms with E-state index in [-0.39, 0.29) is 37.5 Å². The van der Waals surface area contributed by atoms with Crippen LogP contribution in [0.4, 0.5) is 0 Å². The molecule has 0 amide bonds. The van der Waals surface area contributed by atoms with E-state index in [1.807, 2.05) is 0 Å². The first-order valence-electron chi connectivity index (χ1n) is 30.4. The molecule has 0 fully saturated rings. The lowest BCUT2D eigenvalue weighted by molar-refractivity contribution is -0.167. The molecular weight excluding hydrogens is 877 g/mol. The molecule has 6 heteroatoms. The topological polar surface area (TPSA) is 78.9 Å². The molecule has 0 N–H and O–H groups in total. The number of hydrogen-bond acceptors (Lipinski definition) is 6. The van der Waals surface area contributed by atoms with Crippen LogP contribution in [0.25, 0.3) is 0 Å². The predicted molar refractivity (Wildman–Crippen MR) is 307 cm³/mol. The van der Waals surface area contributed by atoms with Crippen LogP contribution in [0.1, 0.15) is 303 Å². The smallest absolute Gasteiger partial charge is 0.306 e. The van der Waals surface area contributed by atoms with Crippen molar-refractivity contribution in [3.63, 3.8) is 0 Å². The van der Waals surface area contributed by atoms with E-state index in [4.69, 9.17) is 14.2 Å². The maximum absolute atomic E-state index is 12.8. The lowest BCUT2D eigenvalue weighted by atomic mass is 10.0. The van der Waals surface area contributed by atoms with Gasteiger partial charge in [-0.25, -0.2) is 0 Å². The highest BCUT2D eigenvalue weighted by Gasteiger charge is 2.19. The third-order valence-corrected chi connectivity index (χ3v) is 13.2. The predicted octanol–water partition coefficient (Wildman–Crippen LogP) is 20.5. The van der Waals surface area contributed by atoms with Gasteiger partial charge in [0.05, 0.1) is 0 Å². The molecule has 0 saturated carbocycles. The average Bonchev–Trinajstić information content (AvgIpc) is 3.37. The number of ether oxygens (including phenoxy) is 3. The lowest BCUT2D eigenvalue weighted by Gasteiger charge is -2.18. The van der Waals surface area contributed by atoms with Crippen molar-refractivity contribution >= 4 is 17.9 Å². The van der Waals surface area contributed by atoms with Gasteiger partial charge in [-0.1, -0.05) is 273 Å². The summed E-state index contributed by atoms with van der Waals surface area (Å²) in [7, 11) is 0. The molecular formula is C65H114O6. The number of carbonyl (C=O) groups excluding carboxylic acids is 3. The Balaban J connectivity index is 4.28. The van der Waals surface area contributed by atoms with Gasteiger partial charge in [0.1, 0.15) is 13.2 Å². The Kier molecular flexibility index (Phi) is 56.8. The Morgan fingerprint density at radius 2 is 0.577 bits per heavy atom. The van der Waals surface area contributed by atoms with E-state index in [2.05, 4.69) is 93.7 Å². The first kappa shape index (κ1) is 67.8. The molecule has 0 aliphatic heterocycles. The molecule has 6 nitrogen and oxygen atoms in total. The van der Waals surface area contributed by atoms with Crippen LogP contribution in [-0.2, 0) is 28.6 Å². The molecule has 0 radical (unpaired) electrons.